The summed E-state index contributed by atoms with van der Waals surface area (Å²) in [5, 5.41) is 6.72. The zero-order valence-electron chi connectivity index (χ0n) is 17.2. The second-order valence-corrected chi connectivity index (χ2v) is 7.82. The third-order valence-corrected chi connectivity index (χ3v) is 5.59. The minimum atomic E-state index is -0.539. The summed E-state index contributed by atoms with van der Waals surface area (Å²) in [6.45, 7) is 5.47. The summed E-state index contributed by atoms with van der Waals surface area (Å²) in [5.41, 5.74) is 4.01. The fourth-order valence-corrected chi connectivity index (χ4v) is 3.90. The maximum absolute atomic E-state index is 12.6. The quantitative estimate of drug-likeness (QED) is 0.407. The van der Waals surface area contributed by atoms with Gasteiger partial charge in [0.1, 0.15) is 5.76 Å². The summed E-state index contributed by atoms with van der Waals surface area (Å²) < 4.78 is 10.5. The van der Waals surface area contributed by atoms with Crippen molar-refractivity contribution >= 4 is 29.3 Å². The van der Waals surface area contributed by atoms with Crippen molar-refractivity contribution in [3.8, 4) is 0 Å². The average Bonchev–Trinajstić information content (AvgIpc) is 3.17. The van der Waals surface area contributed by atoms with Crippen LogP contribution < -0.4 is 5.32 Å². The van der Waals surface area contributed by atoms with Gasteiger partial charge in [0.05, 0.1) is 17.0 Å². The molecule has 6 nitrogen and oxygen atoms in total. The fourth-order valence-electron chi connectivity index (χ4n) is 2.98. The molecule has 7 heteroatoms. The lowest BCUT2D eigenvalue weighted by Crippen LogP contribution is -2.22. The minimum absolute atomic E-state index is 0.351. The minimum Gasteiger partial charge on any atom is -0.452 e. The molecule has 1 heterocycles. The first-order valence-electron chi connectivity index (χ1n) is 9.67. The average molecular weight is 425 g/mol. The second-order valence-electron chi connectivity index (χ2n) is 6.81. The molecule has 1 amide bonds. The number of esters is 1. The molecule has 0 fully saturated rings. The molecule has 2 aromatic carbocycles. The summed E-state index contributed by atoms with van der Waals surface area (Å²) in [7, 11) is 0. The zero-order valence-corrected chi connectivity index (χ0v) is 18.0. The molecule has 0 aliphatic rings. The van der Waals surface area contributed by atoms with E-state index in [1.54, 1.807) is 12.1 Å². The van der Waals surface area contributed by atoms with Crippen LogP contribution in [0.25, 0.3) is 0 Å². The summed E-state index contributed by atoms with van der Waals surface area (Å²) in [6.07, 6.45) is 0.798. The van der Waals surface area contributed by atoms with E-state index in [0.29, 0.717) is 11.3 Å². The SMILES string of the molecule is CCc1cccc(C)c1NC(=O)COC(=O)c1ccccc1SCc1cc(C)no1. The van der Waals surface area contributed by atoms with Crippen LogP contribution in [0.3, 0.4) is 0 Å². The van der Waals surface area contributed by atoms with Crippen molar-refractivity contribution in [1.82, 2.24) is 5.16 Å². The van der Waals surface area contributed by atoms with Crippen LogP contribution in [0.1, 0.15) is 39.9 Å². The van der Waals surface area contributed by atoms with Gasteiger partial charge in [-0.1, -0.05) is 42.4 Å². The Hall–Kier alpha value is -3.06. The summed E-state index contributed by atoms with van der Waals surface area (Å²) in [6, 6.07) is 14.9. The van der Waals surface area contributed by atoms with Crippen molar-refractivity contribution in [2.24, 2.45) is 0 Å². The van der Waals surface area contributed by atoms with Crippen LogP contribution >= 0.6 is 11.8 Å². The lowest BCUT2D eigenvalue weighted by Gasteiger charge is -2.13. The van der Waals surface area contributed by atoms with Crippen LogP contribution in [-0.2, 0) is 21.7 Å². The molecule has 3 rings (SSSR count). The van der Waals surface area contributed by atoms with E-state index >= 15 is 0 Å². The number of aryl methyl sites for hydroxylation is 3. The molecule has 3 aromatic rings. The number of nitrogens with one attached hydrogen (secondary N) is 1. The van der Waals surface area contributed by atoms with Crippen molar-refractivity contribution in [3.63, 3.8) is 0 Å². The van der Waals surface area contributed by atoms with E-state index < -0.39 is 5.97 Å². The molecule has 0 atom stereocenters. The van der Waals surface area contributed by atoms with Gasteiger partial charge in [0.25, 0.3) is 5.91 Å². The first kappa shape index (κ1) is 21.6. The Morgan fingerprint density at radius 1 is 1.13 bits per heavy atom. The number of rotatable bonds is 8. The number of hydrogen-bond acceptors (Lipinski definition) is 6. The number of amides is 1. The third kappa shape index (κ3) is 5.51. The number of thioether (sulfide) groups is 1. The molecular formula is C23H24N2O4S. The van der Waals surface area contributed by atoms with Crippen LogP contribution in [0.4, 0.5) is 5.69 Å². The van der Waals surface area contributed by atoms with E-state index in [1.807, 2.05) is 57.2 Å². The van der Waals surface area contributed by atoms with Gasteiger partial charge in [-0.05, 0) is 43.5 Å². The standard InChI is InChI=1S/C23H24N2O4S/c1-4-17-9-7-8-15(2)22(17)24-21(26)13-28-23(27)19-10-5-6-11-20(19)30-14-18-12-16(3)25-29-18/h5-12H,4,13-14H2,1-3H3,(H,24,26). The smallest absolute Gasteiger partial charge is 0.339 e. The molecule has 0 spiro atoms. The van der Waals surface area contributed by atoms with Crippen LogP contribution in [0, 0.1) is 13.8 Å². The number of anilines is 1. The van der Waals surface area contributed by atoms with E-state index in [2.05, 4.69) is 10.5 Å². The van der Waals surface area contributed by atoms with Gasteiger partial charge in [-0.3, -0.25) is 4.79 Å². The van der Waals surface area contributed by atoms with Gasteiger partial charge in [0, 0.05) is 16.6 Å². The molecule has 0 saturated heterocycles. The Morgan fingerprint density at radius 3 is 2.67 bits per heavy atom. The molecule has 30 heavy (non-hydrogen) atoms. The number of carbonyl (C=O) groups is 2. The van der Waals surface area contributed by atoms with Crippen molar-refractivity contribution in [3.05, 3.63) is 76.7 Å². The normalized spacial score (nSPS) is 10.6. The largest absolute Gasteiger partial charge is 0.452 e. The fraction of sp³-hybridized carbons (Fsp3) is 0.261. The molecule has 0 unspecified atom stereocenters. The lowest BCUT2D eigenvalue weighted by atomic mass is 10.1. The van der Waals surface area contributed by atoms with E-state index in [1.165, 1.54) is 11.8 Å². The van der Waals surface area contributed by atoms with Crippen LogP contribution in [0.5, 0.6) is 0 Å². The zero-order chi connectivity index (χ0) is 21.5. The Labute approximate surface area is 180 Å². The number of benzene rings is 2. The van der Waals surface area contributed by atoms with Gasteiger partial charge in [-0.15, -0.1) is 11.8 Å². The van der Waals surface area contributed by atoms with E-state index in [0.717, 1.165) is 39.6 Å². The first-order chi connectivity index (χ1) is 14.5. The highest BCUT2D eigenvalue weighted by Gasteiger charge is 2.16. The maximum Gasteiger partial charge on any atom is 0.339 e. The summed E-state index contributed by atoms with van der Waals surface area (Å²) >= 11 is 1.45. The van der Waals surface area contributed by atoms with E-state index in [-0.39, 0.29) is 12.5 Å². The second kappa shape index (κ2) is 10.1. The molecule has 156 valence electrons. The molecule has 0 radical (unpaired) electrons. The monoisotopic (exact) mass is 424 g/mol. The number of carbonyl (C=O) groups excluding carboxylic acids is 2. The topological polar surface area (TPSA) is 81.4 Å². The Kier molecular flexibility index (Phi) is 7.30. The Bertz CT molecular complexity index is 1050. The molecule has 1 N–H and O–H groups in total. The van der Waals surface area contributed by atoms with Crippen LogP contribution in [-0.4, -0.2) is 23.6 Å². The Balaban J connectivity index is 1.60. The predicted molar refractivity (Wildman–Crippen MR) is 117 cm³/mol. The van der Waals surface area contributed by atoms with Gasteiger partial charge in [-0.2, -0.15) is 0 Å². The first-order valence-corrected chi connectivity index (χ1v) is 10.7. The van der Waals surface area contributed by atoms with Crippen molar-refractivity contribution in [2.45, 2.75) is 37.8 Å². The van der Waals surface area contributed by atoms with Gasteiger partial charge in [0.15, 0.2) is 6.61 Å². The van der Waals surface area contributed by atoms with Gasteiger partial charge in [0.2, 0.25) is 0 Å². The highest BCUT2D eigenvalue weighted by atomic mass is 32.2. The van der Waals surface area contributed by atoms with Crippen molar-refractivity contribution in [2.75, 3.05) is 11.9 Å². The van der Waals surface area contributed by atoms with Crippen molar-refractivity contribution in [1.29, 1.82) is 0 Å². The molecule has 1 aromatic heterocycles. The van der Waals surface area contributed by atoms with Crippen LogP contribution in [0.2, 0.25) is 0 Å². The molecular weight excluding hydrogens is 400 g/mol. The number of ether oxygens (including phenoxy) is 1. The van der Waals surface area contributed by atoms with Crippen LogP contribution in [0.15, 0.2) is 57.9 Å². The number of hydrogen-bond donors (Lipinski definition) is 1. The predicted octanol–water partition coefficient (Wildman–Crippen LogP) is 4.94. The molecule has 0 saturated carbocycles. The maximum atomic E-state index is 12.6. The van der Waals surface area contributed by atoms with Gasteiger partial charge >= 0.3 is 5.97 Å². The summed E-state index contributed by atoms with van der Waals surface area (Å²) in [5.74, 6) is 0.362. The van der Waals surface area contributed by atoms with E-state index in [9.17, 15) is 9.59 Å². The molecule has 0 aliphatic heterocycles. The highest BCUT2D eigenvalue weighted by molar-refractivity contribution is 7.98. The number of aromatic nitrogens is 1. The van der Waals surface area contributed by atoms with Crippen molar-refractivity contribution < 1.29 is 18.8 Å². The van der Waals surface area contributed by atoms with Gasteiger partial charge < -0.3 is 14.6 Å². The number of nitrogens with zero attached hydrogens (tertiary/aromatic N) is 1. The third-order valence-electron chi connectivity index (χ3n) is 4.49. The van der Waals surface area contributed by atoms with E-state index in [4.69, 9.17) is 9.26 Å². The Morgan fingerprint density at radius 2 is 1.93 bits per heavy atom. The highest BCUT2D eigenvalue weighted by Crippen LogP contribution is 2.27. The molecule has 0 bridgehead atoms. The lowest BCUT2D eigenvalue weighted by molar-refractivity contribution is -0.119. The number of para-hydroxylation sites is 1. The molecule has 0 aliphatic carbocycles. The van der Waals surface area contributed by atoms with Gasteiger partial charge in [-0.25, -0.2) is 4.79 Å². The summed E-state index contributed by atoms with van der Waals surface area (Å²) in [4.78, 5) is 25.7.